The molecule has 1 aromatic heterocycles. The Morgan fingerprint density at radius 3 is 2.45 bits per heavy atom. The van der Waals surface area contributed by atoms with Gasteiger partial charge in [0.2, 0.25) is 0 Å². The molecule has 0 aliphatic carbocycles. The molecule has 29 heavy (non-hydrogen) atoms. The van der Waals surface area contributed by atoms with Gasteiger partial charge in [0, 0.05) is 16.6 Å². The number of rotatable bonds is 7. The number of hydrogen-bond acceptors (Lipinski definition) is 5. The number of nitrogens with zero attached hydrogens (tertiary/aromatic N) is 1. The van der Waals surface area contributed by atoms with E-state index in [4.69, 9.17) is 4.74 Å². The van der Waals surface area contributed by atoms with E-state index in [-0.39, 0.29) is 12.3 Å². The summed E-state index contributed by atoms with van der Waals surface area (Å²) in [6, 6.07) is 15.7. The first-order valence-corrected chi connectivity index (χ1v) is 10.4. The fourth-order valence-electron chi connectivity index (χ4n) is 2.72. The predicted molar refractivity (Wildman–Crippen MR) is 116 cm³/mol. The van der Waals surface area contributed by atoms with Crippen molar-refractivity contribution >= 4 is 28.9 Å². The van der Waals surface area contributed by atoms with Crippen molar-refractivity contribution in [3.05, 3.63) is 70.7 Å². The molecular weight excluding hydrogens is 384 g/mol. The summed E-state index contributed by atoms with van der Waals surface area (Å²) in [4.78, 5) is 29.0. The van der Waals surface area contributed by atoms with E-state index in [0.717, 1.165) is 22.6 Å². The highest BCUT2D eigenvalue weighted by atomic mass is 32.1. The topological polar surface area (TPSA) is 68.3 Å². The van der Waals surface area contributed by atoms with Crippen LogP contribution >= 0.6 is 11.3 Å². The summed E-state index contributed by atoms with van der Waals surface area (Å²) in [5, 5.41) is 5.45. The minimum absolute atomic E-state index is 0.0334. The van der Waals surface area contributed by atoms with Crippen molar-refractivity contribution in [1.29, 1.82) is 0 Å². The van der Waals surface area contributed by atoms with Crippen LogP contribution in [0.25, 0.3) is 10.6 Å². The lowest BCUT2D eigenvalue weighted by atomic mass is 10.1. The molecule has 2 aromatic carbocycles. The molecule has 1 amide bonds. The number of carbonyl (C=O) groups is 2. The van der Waals surface area contributed by atoms with Crippen LogP contribution in [0.15, 0.2) is 53.9 Å². The maximum atomic E-state index is 12.2. The zero-order valence-corrected chi connectivity index (χ0v) is 17.6. The number of benzene rings is 2. The van der Waals surface area contributed by atoms with Crippen molar-refractivity contribution in [2.75, 3.05) is 5.32 Å². The normalized spacial score (nSPS) is 11.7. The van der Waals surface area contributed by atoms with Crippen molar-refractivity contribution in [1.82, 2.24) is 4.98 Å². The molecule has 0 radical (unpaired) electrons. The molecule has 1 heterocycles. The van der Waals surface area contributed by atoms with Crippen molar-refractivity contribution < 1.29 is 14.3 Å². The number of amides is 1. The first-order chi connectivity index (χ1) is 13.9. The fraction of sp³-hybridized carbons (Fsp3) is 0.261. The summed E-state index contributed by atoms with van der Waals surface area (Å²) in [6.45, 7) is 5.65. The second-order valence-electron chi connectivity index (χ2n) is 6.86. The molecule has 0 bridgehead atoms. The van der Waals surface area contributed by atoms with E-state index in [1.54, 1.807) is 6.92 Å². The number of anilines is 1. The van der Waals surface area contributed by atoms with E-state index >= 15 is 0 Å². The summed E-state index contributed by atoms with van der Waals surface area (Å²) in [6.07, 6.45) is 0.139. The number of aromatic nitrogens is 1. The van der Waals surface area contributed by atoms with Gasteiger partial charge in [-0.1, -0.05) is 48.9 Å². The van der Waals surface area contributed by atoms with E-state index in [0.29, 0.717) is 11.4 Å². The predicted octanol–water partition coefficient (Wildman–Crippen LogP) is 4.79. The van der Waals surface area contributed by atoms with Gasteiger partial charge in [0.05, 0.1) is 12.1 Å². The molecule has 1 atom stereocenters. The number of carbonyl (C=O) groups excluding carboxylic acids is 2. The molecule has 150 valence electrons. The van der Waals surface area contributed by atoms with Crippen LogP contribution < -0.4 is 5.32 Å². The van der Waals surface area contributed by atoms with E-state index in [1.807, 2.05) is 48.7 Å². The summed E-state index contributed by atoms with van der Waals surface area (Å²) in [7, 11) is 0. The molecule has 3 aromatic rings. The van der Waals surface area contributed by atoms with Gasteiger partial charge >= 0.3 is 5.97 Å². The SMILES string of the molecule is CCc1ccc(-c2nc(CC(=O)O[C@H](C)C(=O)Nc3ccc(C)cc3)cs2)cc1. The third-order valence-corrected chi connectivity index (χ3v) is 5.42. The van der Waals surface area contributed by atoms with Gasteiger partial charge in [0.25, 0.3) is 5.91 Å². The van der Waals surface area contributed by atoms with Crippen LogP contribution in [0, 0.1) is 6.92 Å². The average Bonchev–Trinajstić information content (AvgIpc) is 3.18. The Morgan fingerprint density at radius 1 is 1.10 bits per heavy atom. The van der Waals surface area contributed by atoms with E-state index < -0.39 is 12.1 Å². The summed E-state index contributed by atoms with van der Waals surface area (Å²) < 4.78 is 5.27. The zero-order valence-electron chi connectivity index (χ0n) is 16.8. The van der Waals surface area contributed by atoms with Gasteiger partial charge in [-0.2, -0.15) is 0 Å². The number of ether oxygens (including phenoxy) is 1. The van der Waals surface area contributed by atoms with Crippen LogP contribution in [0.1, 0.15) is 30.7 Å². The van der Waals surface area contributed by atoms with Crippen LogP contribution in [0.2, 0.25) is 0 Å². The second-order valence-corrected chi connectivity index (χ2v) is 7.72. The number of nitrogens with one attached hydrogen (secondary N) is 1. The number of hydrogen-bond donors (Lipinski definition) is 1. The number of thiazole rings is 1. The van der Waals surface area contributed by atoms with Gasteiger partial charge in [0.1, 0.15) is 5.01 Å². The van der Waals surface area contributed by atoms with Crippen molar-refractivity contribution in [3.8, 4) is 10.6 Å². The lowest BCUT2D eigenvalue weighted by Gasteiger charge is -2.13. The fourth-order valence-corrected chi connectivity index (χ4v) is 3.55. The quantitative estimate of drug-likeness (QED) is 0.571. The molecule has 3 rings (SSSR count). The van der Waals surface area contributed by atoms with Gasteiger partial charge in [-0.15, -0.1) is 11.3 Å². The smallest absolute Gasteiger partial charge is 0.312 e. The third kappa shape index (κ3) is 5.74. The largest absolute Gasteiger partial charge is 0.452 e. The van der Waals surface area contributed by atoms with Crippen molar-refractivity contribution in [2.24, 2.45) is 0 Å². The number of esters is 1. The zero-order chi connectivity index (χ0) is 20.8. The highest BCUT2D eigenvalue weighted by Crippen LogP contribution is 2.24. The molecular formula is C23H24N2O3S. The monoisotopic (exact) mass is 408 g/mol. The standard InChI is InChI=1S/C23H24N2O3S/c1-4-17-7-9-18(10-8-17)23-25-20(14-29-23)13-21(26)28-16(3)22(27)24-19-11-5-15(2)6-12-19/h5-12,14,16H,4,13H2,1-3H3,(H,24,27)/t16-/m1/s1. The van der Waals surface area contributed by atoms with Gasteiger partial charge in [-0.3, -0.25) is 9.59 Å². The molecule has 0 aliphatic rings. The Bertz CT molecular complexity index is 978. The van der Waals surface area contributed by atoms with Gasteiger partial charge in [0.15, 0.2) is 6.10 Å². The van der Waals surface area contributed by atoms with E-state index in [2.05, 4.69) is 29.4 Å². The number of aryl methyl sites for hydroxylation is 2. The van der Waals surface area contributed by atoms with Crippen molar-refractivity contribution in [2.45, 2.75) is 39.7 Å². The molecule has 1 N–H and O–H groups in total. The highest BCUT2D eigenvalue weighted by molar-refractivity contribution is 7.13. The second kappa shape index (κ2) is 9.47. The Hall–Kier alpha value is -2.99. The van der Waals surface area contributed by atoms with Crippen LogP contribution in [-0.4, -0.2) is 23.0 Å². The highest BCUT2D eigenvalue weighted by Gasteiger charge is 2.19. The molecule has 0 unspecified atom stereocenters. The Balaban J connectivity index is 1.54. The average molecular weight is 409 g/mol. The summed E-state index contributed by atoms with van der Waals surface area (Å²) in [5.74, 6) is -0.841. The van der Waals surface area contributed by atoms with Crippen LogP contribution in [0.3, 0.4) is 0 Å². The third-order valence-electron chi connectivity index (χ3n) is 4.48. The molecule has 0 spiro atoms. The first kappa shape index (κ1) is 20.7. The molecule has 0 fully saturated rings. The molecule has 0 saturated heterocycles. The molecule has 6 heteroatoms. The molecule has 5 nitrogen and oxygen atoms in total. The van der Waals surface area contributed by atoms with Crippen LogP contribution in [0.5, 0.6) is 0 Å². The van der Waals surface area contributed by atoms with E-state index in [9.17, 15) is 9.59 Å². The Kier molecular flexibility index (Phi) is 6.77. The Morgan fingerprint density at radius 2 is 1.79 bits per heavy atom. The first-order valence-electron chi connectivity index (χ1n) is 9.55. The minimum atomic E-state index is -0.886. The lowest BCUT2D eigenvalue weighted by Crippen LogP contribution is -2.30. The van der Waals surface area contributed by atoms with Crippen molar-refractivity contribution in [3.63, 3.8) is 0 Å². The minimum Gasteiger partial charge on any atom is -0.452 e. The molecule has 0 saturated carbocycles. The summed E-state index contributed by atoms with van der Waals surface area (Å²) in [5.41, 5.74) is 4.71. The van der Waals surface area contributed by atoms with Gasteiger partial charge < -0.3 is 10.1 Å². The maximum Gasteiger partial charge on any atom is 0.312 e. The Labute approximate surface area is 174 Å². The van der Waals surface area contributed by atoms with Gasteiger partial charge in [-0.05, 0) is 38.0 Å². The van der Waals surface area contributed by atoms with Crippen LogP contribution in [0.4, 0.5) is 5.69 Å². The van der Waals surface area contributed by atoms with E-state index in [1.165, 1.54) is 16.9 Å². The summed E-state index contributed by atoms with van der Waals surface area (Å²) >= 11 is 1.49. The van der Waals surface area contributed by atoms with Crippen LogP contribution in [-0.2, 0) is 27.2 Å². The van der Waals surface area contributed by atoms with Gasteiger partial charge in [-0.25, -0.2) is 4.98 Å². The maximum absolute atomic E-state index is 12.2. The lowest BCUT2D eigenvalue weighted by molar-refractivity contribution is -0.152. The molecule has 0 aliphatic heterocycles.